The van der Waals surface area contributed by atoms with Gasteiger partial charge in [-0.1, -0.05) is 17.2 Å². The Morgan fingerprint density at radius 3 is 2.24 bits per heavy atom. The van der Waals surface area contributed by atoms with Crippen LogP contribution in [-0.2, 0) is 13.6 Å². The highest BCUT2D eigenvalue weighted by Crippen LogP contribution is 2.61. The van der Waals surface area contributed by atoms with Crippen LogP contribution in [0.25, 0.3) is 10.4 Å². The molecule has 0 N–H and O–H groups in total. The standard InChI is InChI=1S/C11H15N4O5P/c1-3-19-21(18,20-4-2)11(13-14-12)9-5-7-10(8-6-9)15(16)17/h5-8,11H,3-4H2,1-2H3. The Balaban J connectivity index is 3.24. The lowest BCUT2D eigenvalue weighted by atomic mass is 10.2. The first-order valence-corrected chi connectivity index (χ1v) is 7.77. The van der Waals surface area contributed by atoms with Crippen LogP contribution < -0.4 is 0 Å². The van der Waals surface area contributed by atoms with Gasteiger partial charge in [0.25, 0.3) is 5.69 Å². The molecule has 0 aliphatic carbocycles. The Morgan fingerprint density at radius 1 is 1.33 bits per heavy atom. The summed E-state index contributed by atoms with van der Waals surface area (Å²) in [6, 6.07) is 5.19. The largest absolute Gasteiger partial charge is 0.344 e. The molecule has 10 heteroatoms. The normalized spacial score (nSPS) is 12.5. The summed E-state index contributed by atoms with van der Waals surface area (Å²) in [6.07, 6.45) is 0. The van der Waals surface area contributed by atoms with Gasteiger partial charge in [-0.3, -0.25) is 14.7 Å². The van der Waals surface area contributed by atoms with Crippen molar-refractivity contribution in [2.24, 2.45) is 5.11 Å². The predicted octanol–water partition coefficient (Wildman–Crippen LogP) is 4.17. The van der Waals surface area contributed by atoms with Gasteiger partial charge >= 0.3 is 7.60 Å². The second kappa shape index (κ2) is 7.75. The topological polar surface area (TPSA) is 127 Å². The van der Waals surface area contributed by atoms with Crippen molar-refractivity contribution in [1.29, 1.82) is 0 Å². The Kier molecular flexibility index (Phi) is 6.33. The fraction of sp³-hybridized carbons (Fsp3) is 0.455. The van der Waals surface area contributed by atoms with Gasteiger partial charge in [-0.05, 0) is 24.9 Å². The van der Waals surface area contributed by atoms with E-state index in [1.54, 1.807) is 13.8 Å². The molecular formula is C11H15N4O5P. The molecule has 0 amide bonds. The lowest BCUT2D eigenvalue weighted by molar-refractivity contribution is -0.384. The molecule has 0 fully saturated rings. The minimum absolute atomic E-state index is 0.113. The molecule has 1 unspecified atom stereocenters. The number of nitro groups is 1. The summed E-state index contributed by atoms with van der Waals surface area (Å²) in [5.41, 5.74) is 8.86. The summed E-state index contributed by atoms with van der Waals surface area (Å²) >= 11 is 0. The second-order valence-electron chi connectivity index (χ2n) is 3.80. The van der Waals surface area contributed by atoms with E-state index in [0.29, 0.717) is 5.56 Å². The number of benzene rings is 1. The summed E-state index contributed by atoms with van der Waals surface area (Å²) in [5, 5.41) is 14.1. The first kappa shape index (κ1) is 17.1. The zero-order chi connectivity index (χ0) is 15.9. The number of rotatable bonds is 8. The zero-order valence-electron chi connectivity index (χ0n) is 11.6. The molecule has 9 nitrogen and oxygen atoms in total. The quantitative estimate of drug-likeness (QED) is 0.178. The van der Waals surface area contributed by atoms with E-state index in [4.69, 9.17) is 14.6 Å². The first-order valence-electron chi connectivity index (χ1n) is 6.15. The molecule has 0 saturated heterocycles. The van der Waals surface area contributed by atoms with Gasteiger partial charge in [0, 0.05) is 17.0 Å². The summed E-state index contributed by atoms with van der Waals surface area (Å²) in [7, 11) is -3.70. The maximum absolute atomic E-state index is 12.7. The molecule has 1 rings (SSSR count). The molecule has 0 radical (unpaired) electrons. The number of nitro benzene ring substituents is 1. The van der Waals surface area contributed by atoms with E-state index in [1.807, 2.05) is 0 Å². The maximum Gasteiger partial charge on any atom is 0.344 e. The van der Waals surface area contributed by atoms with Crippen molar-refractivity contribution in [3.8, 4) is 0 Å². The van der Waals surface area contributed by atoms with Crippen LogP contribution in [0.3, 0.4) is 0 Å². The van der Waals surface area contributed by atoms with Gasteiger partial charge in [-0.2, -0.15) is 0 Å². The van der Waals surface area contributed by atoms with Gasteiger partial charge in [-0.15, -0.1) is 0 Å². The van der Waals surface area contributed by atoms with Gasteiger partial charge in [0.2, 0.25) is 0 Å². The average Bonchev–Trinajstić information content (AvgIpc) is 2.45. The van der Waals surface area contributed by atoms with Crippen LogP contribution >= 0.6 is 7.60 Å². The monoisotopic (exact) mass is 314 g/mol. The van der Waals surface area contributed by atoms with Crippen molar-refractivity contribution < 1.29 is 18.5 Å². The number of hydrogen-bond acceptors (Lipinski definition) is 6. The van der Waals surface area contributed by atoms with Gasteiger partial charge < -0.3 is 9.05 Å². The third-order valence-corrected chi connectivity index (χ3v) is 4.72. The van der Waals surface area contributed by atoms with Crippen LogP contribution in [-0.4, -0.2) is 18.1 Å². The molecule has 0 aliphatic rings. The first-order chi connectivity index (χ1) is 9.98. The third-order valence-electron chi connectivity index (χ3n) is 2.48. The maximum atomic E-state index is 12.7. The van der Waals surface area contributed by atoms with E-state index in [0.717, 1.165) is 0 Å². The van der Waals surface area contributed by atoms with Gasteiger partial charge in [0.05, 0.1) is 18.1 Å². The van der Waals surface area contributed by atoms with E-state index in [9.17, 15) is 14.7 Å². The van der Waals surface area contributed by atoms with Crippen LogP contribution in [0.4, 0.5) is 5.69 Å². The van der Waals surface area contributed by atoms with Crippen LogP contribution in [0.15, 0.2) is 29.4 Å². The van der Waals surface area contributed by atoms with E-state index in [1.165, 1.54) is 24.3 Å². The molecule has 1 aromatic rings. The van der Waals surface area contributed by atoms with E-state index >= 15 is 0 Å². The number of nitrogens with zero attached hydrogens (tertiary/aromatic N) is 4. The smallest absolute Gasteiger partial charge is 0.308 e. The third kappa shape index (κ3) is 4.27. The molecule has 0 aromatic heterocycles. The van der Waals surface area contributed by atoms with Gasteiger partial charge in [-0.25, -0.2) is 0 Å². The SMILES string of the molecule is CCOP(=O)(OCC)C(N=[N+]=[N-])c1ccc([N+](=O)[O-])cc1. The molecular weight excluding hydrogens is 299 g/mol. The van der Waals surface area contributed by atoms with Crippen molar-refractivity contribution in [2.75, 3.05) is 13.2 Å². The van der Waals surface area contributed by atoms with Crippen LogP contribution in [0.2, 0.25) is 0 Å². The van der Waals surface area contributed by atoms with E-state index in [2.05, 4.69) is 10.0 Å². The lowest BCUT2D eigenvalue weighted by Gasteiger charge is -2.23. The van der Waals surface area contributed by atoms with Gasteiger partial charge in [0.1, 0.15) is 0 Å². The Labute approximate surface area is 121 Å². The molecule has 0 heterocycles. The summed E-state index contributed by atoms with van der Waals surface area (Å²) in [5.74, 6) is -1.19. The highest BCUT2D eigenvalue weighted by Gasteiger charge is 2.36. The highest BCUT2D eigenvalue weighted by atomic mass is 31.2. The number of hydrogen-bond donors (Lipinski definition) is 0. The molecule has 114 valence electrons. The predicted molar refractivity (Wildman–Crippen MR) is 75.8 cm³/mol. The molecule has 0 bridgehead atoms. The summed E-state index contributed by atoms with van der Waals surface area (Å²) in [4.78, 5) is 12.7. The Bertz CT molecular complexity index is 575. The molecule has 0 spiro atoms. The highest BCUT2D eigenvalue weighted by molar-refractivity contribution is 7.54. The second-order valence-corrected chi connectivity index (χ2v) is 5.89. The fourth-order valence-corrected chi connectivity index (χ4v) is 3.45. The fourth-order valence-electron chi connectivity index (χ4n) is 1.67. The lowest BCUT2D eigenvalue weighted by Crippen LogP contribution is -2.04. The summed E-state index contributed by atoms with van der Waals surface area (Å²) in [6.45, 7) is 3.49. The minimum Gasteiger partial charge on any atom is -0.308 e. The van der Waals surface area contributed by atoms with Gasteiger partial charge in [0.15, 0.2) is 5.78 Å². The summed E-state index contributed by atoms with van der Waals surface area (Å²) < 4.78 is 23.0. The Morgan fingerprint density at radius 2 is 1.86 bits per heavy atom. The van der Waals surface area contributed by atoms with Crippen molar-refractivity contribution in [2.45, 2.75) is 19.6 Å². The molecule has 0 aliphatic heterocycles. The number of non-ortho nitro benzene ring substituents is 1. The zero-order valence-corrected chi connectivity index (χ0v) is 12.5. The van der Waals surface area contributed by atoms with Crippen LogP contribution in [0.1, 0.15) is 25.2 Å². The van der Waals surface area contributed by atoms with Crippen molar-refractivity contribution in [3.05, 3.63) is 50.4 Å². The molecule has 1 atom stereocenters. The van der Waals surface area contributed by atoms with Crippen molar-refractivity contribution in [1.82, 2.24) is 0 Å². The molecule has 1 aromatic carbocycles. The van der Waals surface area contributed by atoms with Crippen LogP contribution in [0.5, 0.6) is 0 Å². The average molecular weight is 314 g/mol. The van der Waals surface area contributed by atoms with E-state index in [-0.39, 0.29) is 18.9 Å². The number of azide groups is 1. The molecule has 21 heavy (non-hydrogen) atoms. The van der Waals surface area contributed by atoms with Crippen molar-refractivity contribution in [3.63, 3.8) is 0 Å². The van der Waals surface area contributed by atoms with Crippen LogP contribution in [0, 0.1) is 10.1 Å². The van der Waals surface area contributed by atoms with Crippen molar-refractivity contribution >= 4 is 13.3 Å². The minimum atomic E-state index is -3.70. The molecule has 0 saturated carbocycles. The Hall–Kier alpha value is -1.92. The van der Waals surface area contributed by atoms with E-state index < -0.39 is 18.3 Å².